The molecule has 0 aliphatic heterocycles. The molecule has 0 aromatic heterocycles. The Bertz CT molecular complexity index is 572. The molecule has 0 heterocycles. The number of ether oxygens (including phenoxy) is 1. The Labute approximate surface area is 106 Å². The average molecular weight is 270 g/mol. The van der Waals surface area contributed by atoms with Crippen molar-refractivity contribution >= 4 is 21.7 Å². The summed E-state index contributed by atoms with van der Waals surface area (Å²) in [7, 11) is -2.45. The van der Waals surface area contributed by atoms with Crippen LogP contribution in [0.15, 0.2) is 30.5 Å². The van der Waals surface area contributed by atoms with Crippen molar-refractivity contribution in [3.05, 3.63) is 41.7 Å². The highest BCUT2D eigenvalue weighted by Gasteiger charge is 2.16. The van der Waals surface area contributed by atoms with Gasteiger partial charge in [-0.2, -0.15) is 8.42 Å². The summed E-state index contributed by atoms with van der Waals surface area (Å²) in [5.74, 6) is -0.659. The zero-order valence-electron chi connectivity index (χ0n) is 10.3. The lowest BCUT2D eigenvalue weighted by molar-refractivity contribution is -0.133. The second-order valence-corrected chi connectivity index (χ2v) is 5.24. The maximum Gasteiger partial charge on any atom is 0.341 e. The van der Waals surface area contributed by atoms with Crippen LogP contribution in [0.3, 0.4) is 0 Å². The fourth-order valence-corrected chi connectivity index (χ4v) is 1.61. The van der Waals surface area contributed by atoms with Crippen molar-refractivity contribution in [2.45, 2.75) is 6.92 Å². The summed E-state index contributed by atoms with van der Waals surface area (Å²) < 4.78 is 31.0. The van der Waals surface area contributed by atoms with Gasteiger partial charge in [-0.1, -0.05) is 24.3 Å². The minimum Gasteiger partial charge on any atom is -0.465 e. The minimum absolute atomic E-state index is 0.0565. The molecular weight excluding hydrogens is 256 g/mol. The second kappa shape index (κ2) is 5.68. The highest BCUT2D eigenvalue weighted by Crippen LogP contribution is 2.20. The van der Waals surface area contributed by atoms with Crippen LogP contribution in [0.2, 0.25) is 0 Å². The van der Waals surface area contributed by atoms with Crippen LogP contribution in [-0.4, -0.2) is 27.8 Å². The Morgan fingerprint density at radius 2 is 1.89 bits per heavy atom. The molecule has 1 rings (SSSR count). The van der Waals surface area contributed by atoms with E-state index in [0.29, 0.717) is 5.56 Å². The van der Waals surface area contributed by atoms with E-state index in [1.54, 1.807) is 25.1 Å². The fourth-order valence-electron chi connectivity index (χ4n) is 1.34. The zero-order chi connectivity index (χ0) is 13.8. The monoisotopic (exact) mass is 270 g/mol. The summed E-state index contributed by atoms with van der Waals surface area (Å²) in [6, 6.07) is 7.03. The molecule has 6 heteroatoms. The number of carbonyl (C=O) groups is 1. The van der Waals surface area contributed by atoms with Crippen molar-refractivity contribution in [1.82, 2.24) is 0 Å². The van der Waals surface area contributed by atoms with Gasteiger partial charge in [0.15, 0.2) is 0 Å². The van der Waals surface area contributed by atoms with Gasteiger partial charge in [-0.15, -0.1) is 0 Å². The summed E-state index contributed by atoms with van der Waals surface area (Å²) in [6.45, 7) is 1.80. The maximum atomic E-state index is 11.6. The van der Waals surface area contributed by atoms with Crippen LogP contribution in [0.25, 0.3) is 5.57 Å². The summed E-state index contributed by atoms with van der Waals surface area (Å²) in [5, 5.41) is 0. The van der Waals surface area contributed by atoms with Gasteiger partial charge >= 0.3 is 16.1 Å². The van der Waals surface area contributed by atoms with E-state index in [4.69, 9.17) is 0 Å². The Hall–Kier alpha value is -1.82. The number of rotatable bonds is 4. The molecule has 98 valence electrons. The van der Waals surface area contributed by atoms with Gasteiger partial charge in [-0.05, 0) is 18.1 Å². The van der Waals surface area contributed by atoms with Gasteiger partial charge in [0.2, 0.25) is 0 Å². The molecule has 1 aromatic carbocycles. The smallest absolute Gasteiger partial charge is 0.341 e. The molecule has 5 nitrogen and oxygen atoms in total. The zero-order valence-corrected chi connectivity index (χ0v) is 11.2. The number of methoxy groups -OCH3 is 1. The van der Waals surface area contributed by atoms with Gasteiger partial charge in [0.1, 0.15) is 11.8 Å². The SMILES string of the molecule is COC(=O)/C(=C/OS(C)(=O)=O)c1ccccc1C. The molecule has 0 bridgehead atoms. The molecule has 0 saturated heterocycles. The van der Waals surface area contributed by atoms with Crippen LogP contribution in [0.1, 0.15) is 11.1 Å². The van der Waals surface area contributed by atoms with E-state index < -0.39 is 16.1 Å². The van der Waals surface area contributed by atoms with Crippen molar-refractivity contribution in [1.29, 1.82) is 0 Å². The van der Waals surface area contributed by atoms with E-state index in [2.05, 4.69) is 8.92 Å². The Kier molecular flexibility index (Phi) is 4.49. The quantitative estimate of drug-likeness (QED) is 0.359. The molecule has 0 spiro atoms. The molecule has 18 heavy (non-hydrogen) atoms. The molecule has 0 atom stereocenters. The normalized spacial score (nSPS) is 12.1. The lowest BCUT2D eigenvalue weighted by Gasteiger charge is -2.08. The lowest BCUT2D eigenvalue weighted by Crippen LogP contribution is -2.07. The van der Waals surface area contributed by atoms with Crippen molar-refractivity contribution in [2.75, 3.05) is 13.4 Å². The molecule has 0 aliphatic carbocycles. The van der Waals surface area contributed by atoms with E-state index in [-0.39, 0.29) is 5.57 Å². The Morgan fingerprint density at radius 3 is 2.39 bits per heavy atom. The first-order valence-electron chi connectivity index (χ1n) is 5.08. The van der Waals surface area contributed by atoms with E-state index in [9.17, 15) is 13.2 Å². The Morgan fingerprint density at radius 1 is 1.28 bits per heavy atom. The summed E-state index contributed by atoms with van der Waals surface area (Å²) in [4.78, 5) is 11.6. The first kappa shape index (κ1) is 14.2. The van der Waals surface area contributed by atoms with Crippen LogP contribution in [0.5, 0.6) is 0 Å². The first-order valence-corrected chi connectivity index (χ1v) is 6.89. The van der Waals surface area contributed by atoms with Gasteiger partial charge in [0.25, 0.3) is 0 Å². The number of aryl methyl sites for hydroxylation is 1. The highest BCUT2D eigenvalue weighted by atomic mass is 32.2. The van der Waals surface area contributed by atoms with E-state index in [1.807, 2.05) is 6.07 Å². The third-order valence-electron chi connectivity index (χ3n) is 2.18. The largest absolute Gasteiger partial charge is 0.465 e. The van der Waals surface area contributed by atoms with Gasteiger partial charge < -0.3 is 8.92 Å². The van der Waals surface area contributed by atoms with Gasteiger partial charge in [0, 0.05) is 0 Å². The van der Waals surface area contributed by atoms with Crippen LogP contribution in [0.4, 0.5) is 0 Å². The number of benzene rings is 1. The van der Waals surface area contributed by atoms with Crippen molar-refractivity contribution in [3.8, 4) is 0 Å². The first-order chi connectivity index (χ1) is 8.35. The predicted octanol–water partition coefficient (Wildman–Crippen LogP) is 1.49. The van der Waals surface area contributed by atoms with Crippen molar-refractivity contribution in [3.63, 3.8) is 0 Å². The van der Waals surface area contributed by atoms with Gasteiger partial charge in [-0.3, -0.25) is 0 Å². The van der Waals surface area contributed by atoms with E-state index in [0.717, 1.165) is 18.1 Å². The van der Waals surface area contributed by atoms with Gasteiger partial charge in [-0.25, -0.2) is 4.79 Å². The topological polar surface area (TPSA) is 69.7 Å². The van der Waals surface area contributed by atoms with Crippen LogP contribution in [-0.2, 0) is 23.8 Å². The van der Waals surface area contributed by atoms with Crippen LogP contribution in [0, 0.1) is 6.92 Å². The second-order valence-electron chi connectivity index (χ2n) is 3.64. The van der Waals surface area contributed by atoms with Crippen LogP contribution < -0.4 is 0 Å². The average Bonchev–Trinajstić information content (AvgIpc) is 2.29. The Balaban J connectivity index is 3.23. The third kappa shape index (κ3) is 3.89. The molecule has 0 aliphatic rings. The molecule has 1 aromatic rings. The van der Waals surface area contributed by atoms with E-state index >= 15 is 0 Å². The predicted molar refractivity (Wildman–Crippen MR) is 67.1 cm³/mol. The number of hydrogen-bond acceptors (Lipinski definition) is 5. The molecule has 0 amide bonds. The molecule has 0 saturated carbocycles. The fraction of sp³-hybridized carbons (Fsp3) is 0.250. The van der Waals surface area contributed by atoms with Gasteiger partial charge in [0.05, 0.1) is 13.4 Å². The number of hydrogen-bond donors (Lipinski definition) is 0. The standard InChI is InChI=1S/C12H14O5S/c1-9-6-4-5-7-10(9)11(12(13)16-2)8-17-18(3,14)15/h4-8H,1-3H3/b11-8+. The lowest BCUT2D eigenvalue weighted by atomic mass is 10.0. The molecule has 0 unspecified atom stereocenters. The summed E-state index contributed by atoms with van der Waals surface area (Å²) in [6.07, 6.45) is 1.79. The number of carbonyl (C=O) groups excluding carboxylic acids is 1. The highest BCUT2D eigenvalue weighted by molar-refractivity contribution is 7.86. The maximum absolute atomic E-state index is 11.6. The third-order valence-corrected chi connectivity index (χ3v) is 2.63. The molecular formula is C12H14O5S. The summed E-state index contributed by atoms with van der Waals surface area (Å²) in [5.41, 5.74) is 1.43. The van der Waals surface area contributed by atoms with Crippen molar-refractivity contribution < 1.29 is 22.1 Å². The van der Waals surface area contributed by atoms with Crippen LogP contribution >= 0.6 is 0 Å². The molecule has 0 radical (unpaired) electrons. The molecule has 0 fully saturated rings. The van der Waals surface area contributed by atoms with Crippen molar-refractivity contribution in [2.24, 2.45) is 0 Å². The van der Waals surface area contributed by atoms with E-state index in [1.165, 1.54) is 7.11 Å². The number of esters is 1. The molecule has 0 N–H and O–H groups in total. The summed E-state index contributed by atoms with van der Waals surface area (Å²) >= 11 is 0. The minimum atomic E-state index is -3.67.